The number of rotatable bonds is 2. The first-order valence-electron chi connectivity index (χ1n) is 6.72. The zero-order chi connectivity index (χ0) is 14.2. The molecule has 0 aromatic heterocycles. The Labute approximate surface area is 115 Å². The second-order valence-electron chi connectivity index (χ2n) is 5.44. The summed E-state index contributed by atoms with van der Waals surface area (Å²) in [5.74, 6) is 0. The maximum atomic E-state index is 12.8. The van der Waals surface area contributed by atoms with E-state index in [0.717, 1.165) is 30.4 Å². The quantitative estimate of drug-likeness (QED) is 0.847. The van der Waals surface area contributed by atoms with Gasteiger partial charge in [-0.15, -0.1) is 0 Å². The third kappa shape index (κ3) is 2.62. The van der Waals surface area contributed by atoms with Crippen molar-refractivity contribution in [3.05, 3.63) is 23.3 Å². The summed E-state index contributed by atoms with van der Waals surface area (Å²) in [7, 11) is -3.41. The number of benzene rings is 1. The summed E-state index contributed by atoms with van der Waals surface area (Å²) >= 11 is 0. The molecule has 106 valence electrons. The number of nitrogens with two attached hydrogens (primary N) is 1. The molecule has 1 fully saturated rings. The first-order chi connectivity index (χ1) is 8.84. The molecule has 5 heteroatoms. The summed E-state index contributed by atoms with van der Waals surface area (Å²) in [6, 6.07) is 3.54. The summed E-state index contributed by atoms with van der Waals surface area (Å²) in [5, 5.41) is 0. The molecular formula is C14H22N2O2S. The Morgan fingerprint density at radius 2 is 1.79 bits per heavy atom. The van der Waals surface area contributed by atoms with Crippen LogP contribution in [0, 0.1) is 13.8 Å². The predicted octanol–water partition coefficient (Wildman–Crippen LogP) is 2.45. The fourth-order valence-electron chi connectivity index (χ4n) is 2.94. The van der Waals surface area contributed by atoms with Crippen LogP contribution in [-0.4, -0.2) is 25.3 Å². The normalized spacial score (nSPS) is 21.5. The minimum absolute atomic E-state index is 0.0788. The number of hydrogen-bond donors (Lipinski definition) is 1. The van der Waals surface area contributed by atoms with Crippen LogP contribution in [0.15, 0.2) is 17.0 Å². The molecule has 0 spiro atoms. The van der Waals surface area contributed by atoms with Crippen LogP contribution in [0.2, 0.25) is 0 Å². The van der Waals surface area contributed by atoms with Crippen molar-refractivity contribution < 1.29 is 8.42 Å². The lowest BCUT2D eigenvalue weighted by molar-refractivity contribution is 0.268. The summed E-state index contributed by atoms with van der Waals surface area (Å²) in [5.41, 5.74) is 7.84. The summed E-state index contributed by atoms with van der Waals surface area (Å²) in [4.78, 5) is 0.426. The van der Waals surface area contributed by atoms with Gasteiger partial charge < -0.3 is 5.73 Å². The molecule has 0 amide bonds. The lowest BCUT2D eigenvalue weighted by Crippen LogP contribution is -2.42. The number of aryl methyl sites for hydroxylation is 2. The van der Waals surface area contributed by atoms with Crippen molar-refractivity contribution >= 4 is 15.7 Å². The molecule has 1 aromatic carbocycles. The molecular weight excluding hydrogens is 260 g/mol. The summed E-state index contributed by atoms with van der Waals surface area (Å²) < 4.78 is 27.3. The topological polar surface area (TPSA) is 63.4 Å². The smallest absolute Gasteiger partial charge is 0.243 e. The zero-order valence-corrected chi connectivity index (χ0v) is 12.6. The average molecular weight is 282 g/mol. The zero-order valence-electron chi connectivity index (χ0n) is 11.8. The van der Waals surface area contributed by atoms with Crippen molar-refractivity contribution in [2.24, 2.45) is 0 Å². The minimum atomic E-state index is -3.41. The Hall–Kier alpha value is -1.07. The molecule has 0 radical (unpaired) electrons. The van der Waals surface area contributed by atoms with E-state index in [1.54, 1.807) is 16.4 Å². The van der Waals surface area contributed by atoms with Crippen LogP contribution in [0.4, 0.5) is 5.69 Å². The molecule has 19 heavy (non-hydrogen) atoms. The highest BCUT2D eigenvalue weighted by molar-refractivity contribution is 7.89. The van der Waals surface area contributed by atoms with E-state index < -0.39 is 10.0 Å². The molecule has 0 aliphatic carbocycles. The first kappa shape index (κ1) is 14.3. The van der Waals surface area contributed by atoms with Crippen molar-refractivity contribution in [3.8, 4) is 0 Å². The van der Waals surface area contributed by atoms with Crippen molar-refractivity contribution in [1.29, 1.82) is 0 Å². The van der Waals surface area contributed by atoms with Crippen molar-refractivity contribution in [2.45, 2.75) is 51.0 Å². The van der Waals surface area contributed by atoms with Gasteiger partial charge in [0, 0.05) is 18.3 Å². The van der Waals surface area contributed by atoms with E-state index in [1.165, 1.54) is 0 Å². The van der Waals surface area contributed by atoms with Crippen LogP contribution >= 0.6 is 0 Å². The molecule has 1 aliphatic rings. The number of hydrogen-bond acceptors (Lipinski definition) is 3. The second kappa shape index (κ2) is 5.13. The molecule has 1 heterocycles. The van der Waals surface area contributed by atoms with Crippen molar-refractivity contribution in [2.75, 3.05) is 12.3 Å². The Balaban J connectivity index is 2.50. The van der Waals surface area contributed by atoms with Gasteiger partial charge in [-0.2, -0.15) is 4.31 Å². The van der Waals surface area contributed by atoms with Crippen LogP contribution < -0.4 is 5.73 Å². The third-order valence-corrected chi connectivity index (χ3v) is 6.11. The highest BCUT2D eigenvalue weighted by atomic mass is 32.2. The maximum Gasteiger partial charge on any atom is 0.243 e. The van der Waals surface area contributed by atoms with Gasteiger partial charge in [0.25, 0.3) is 0 Å². The Morgan fingerprint density at radius 3 is 2.32 bits per heavy atom. The monoisotopic (exact) mass is 282 g/mol. The lowest BCUT2D eigenvalue weighted by atomic mass is 10.1. The van der Waals surface area contributed by atoms with Gasteiger partial charge in [-0.05, 0) is 56.9 Å². The van der Waals surface area contributed by atoms with E-state index in [-0.39, 0.29) is 6.04 Å². The number of anilines is 1. The van der Waals surface area contributed by atoms with Crippen molar-refractivity contribution in [3.63, 3.8) is 0 Å². The largest absolute Gasteiger partial charge is 0.399 e. The number of nitrogens with zero attached hydrogens (tertiary/aromatic N) is 1. The molecule has 1 unspecified atom stereocenters. The Bertz CT molecular complexity index is 558. The second-order valence-corrected chi connectivity index (χ2v) is 7.27. The molecule has 2 rings (SSSR count). The number of nitrogen functional groups attached to an aromatic ring is 1. The van der Waals surface area contributed by atoms with E-state index in [9.17, 15) is 8.42 Å². The van der Waals surface area contributed by atoms with Gasteiger partial charge >= 0.3 is 0 Å². The van der Waals surface area contributed by atoms with Gasteiger partial charge in [-0.3, -0.25) is 0 Å². The fourth-order valence-corrected chi connectivity index (χ4v) is 5.05. The third-order valence-electron chi connectivity index (χ3n) is 3.79. The number of sulfonamides is 1. The molecule has 4 nitrogen and oxygen atoms in total. The Kier molecular flexibility index (Phi) is 3.87. The SMILES string of the molecule is Cc1cc(N)cc(C)c1S(=O)(=O)N1CCCCC1C. The summed E-state index contributed by atoms with van der Waals surface area (Å²) in [6.45, 7) is 6.22. The average Bonchev–Trinajstić information content (AvgIpc) is 2.27. The molecule has 1 aromatic rings. The van der Waals surface area contributed by atoms with E-state index >= 15 is 0 Å². The van der Waals surface area contributed by atoms with Crippen LogP contribution in [0.5, 0.6) is 0 Å². The van der Waals surface area contributed by atoms with E-state index in [4.69, 9.17) is 5.73 Å². The van der Waals surface area contributed by atoms with Gasteiger partial charge in [-0.1, -0.05) is 6.42 Å². The van der Waals surface area contributed by atoms with E-state index in [0.29, 0.717) is 17.1 Å². The van der Waals surface area contributed by atoms with Crippen LogP contribution in [0.1, 0.15) is 37.3 Å². The predicted molar refractivity (Wildman–Crippen MR) is 77.5 cm³/mol. The molecule has 1 saturated heterocycles. The van der Waals surface area contributed by atoms with Gasteiger partial charge in [0.15, 0.2) is 0 Å². The highest BCUT2D eigenvalue weighted by Crippen LogP contribution is 2.30. The van der Waals surface area contributed by atoms with E-state index in [2.05, 4.69) is 0 Å². The van der Waals surface area contributed by atoms with Gasteiger partial charge in [-0.25, -0.2) is 8.42 Å². The number of piperidine rings is 1. The van der Waals surface area contributed by atoms with Gasteiger partial charge in [0.05, 0.1) is 4.90 Å². The lowest BCUT2D eigenvalue weighted by Gasteiger charge is -2.33. The maximum absolute atomic E-state index is 12.8. The highest BCUT2D eigenvalue weighted by Gasteiger charge is 2.32. The van der Waals surface area contributed by atoms with Crippen LogP contribution in [-0.2, 0) is 10.0 Å². The molecule has 2 N–H and O–H groups in total. The fraction of sp³-hybridized carbons (Fsp3) is 0.571. The standard InChI is InChI=1S/C14H22N2O2S/c1-10-8-13(15)9-11(2)14(10)19(17,18)16-7-5-4-6-12(16)3/h8-9,12H,4-7,15H2,1-3H3. The Morgan fingerprint density at radius 1 is 1.21 bits per heavy atom. The minimum Gasteiger partial charge on any atom is -0.399 e. The van der Waals surface area contributed by atoms with Gasteiger partial charge in [0.2, 0.25) is 10.0 Å². The van der Waals surface area contributed by atoms with Crippen molar-refractivity contribution in [1.82, 2.24) is 4.31 Å². The summed E-state index contributed by atoms with van der Waals surface area (Å²) in [6.07, 6.45) is 2.98. The molecule has 0 saturated carbocycles. The van der Waals surface area contributed by atoms with Gasteiger partial charge in [0.1, 0.15) is 0 Å². The molecule has 0 bridgehead atoms. The molecule has 1 aliphatic heterocycles. The molecule has 1 atom stereocenters. The van der Waals surface area contributed by atoms with Crippen LogP contribution in [0.25, 0.3) is 0 Å². The van der Waals surface area contributed by atoms with Crippen LogP contribution in [0.3, 0.4) is 0 Å². The first-order valence-corrected chi connectivity index (χ1v) is 8.16. The van der Waals surface area contributed by atoms with E-state index in [1.807, 2.05) is 20.8 Å².